The second-order valence-electron chi connectivity index (χ2n) is 7.63. The molecular formula is C24H27N2O2S+. The summed E-state index contributed by atoms with van der Waals surface area (Å²) in [6.07, 6.45) is 0. The molecule has 3 aromatic rings. The zero-order valence-electron chi connectivity index (χ0n) is 16.7. The Hall–Kier alpha value is -2.47. The average Bonchev–Trinajstić information content (AvgIpc) is 2.76. The number of piperazine rings is 1. The number of aryl methyl sites for hydroxylation is 1. The quantitative estimate of drug-likeness (QED) is 0.707. The van der Waals surface area contributed by atoms with Gasteiger partial charge in [0, 0.05) is 11.1 Å². The monoisotopic (exact) mass is 407 g/mol. The molecule has 29 heavy (non-hydrogen) atoms. The first kappa shape index (κ1) is 19.8. The number of benzene rings is 3. The van der Waals surface area contributed by atoms with E-state index < -0.39 is 10.0 Å². The van der Waals surface area contributed by atoms with Gasteiger partial charge in [0.15, 0.2) is 0 Å². The highest BCUT2D eigenvalue weighted by Gasteiger charge is 2.34. The Morgan fingerprint density at radius 3 is 1.86 bits per heavy atom. The Morgan fingerprint density at radius 2 is 1.34 bits per heavy atom. The predicted molar refractivity (Wildman–Crippen MR) is 115 cm³/mol. The van der Waals surface area contributed by atoms with E-state index >= 15 is 0 Å². The molecule has 1 heterocycles. The van der Waals surface area contributed by atoms with Crippen LogP contribution in [0.25, 0.3) is 0 Å². The molecule has 1 fully saturated rings. The Kier molecular flexibility index (Phi) is 5.81. The first-order valence-corrected chi connectivity index (χ1v) is 11.5. The molecule has 1 aliphatic heterocycles. The van der Waals surface area contributed by atoms with E-state index in [-0.39, 0.29) is 6.04 Å². The molecule has 5 heteroatoms. The molecule has 0 radical (unpaired) electrons. The number of sulfonamides is 1. The molecule has 0 unspecified atom stereocenters. The summed E-state index contributed by atoms with van der Waals surface area (Å²) in [6, 6.07) is 28.4. The van der Waals surface area contributed by atoms with Gasteiger partial charge >= 0.3 is 0 Å². The largest absolute Gasteiger partial charge is 0.323 e. The number of nitrogens with zero attached hydrogens (tertiary/aromatic N) is 1. The van der Waals surface area contributed by atoms with Gasteiger partial charge in [-0.1, -0.05) is 72.8 Å². The molecule has 4 nitrogen and oxygen atoms in total. The molecule has 0 bridgehead atoms. The highest BCUT2D eigenvalue weighted by Crippen LogP contribution is 2.21. The predicted octanol–water partition coefficient (Wildman–Crippen LogP) is 2.67. The maximum atomic E-state index is 13.1. The van der Waals surface area contributed by atoms with E-state index in [1.807, 2.05) is 31.2 Å². The van der Waals surface area contributed by atoms with Gasteiger partial charge in [0.1, 0.15) is 6.04 Å². The van der Waals surface area contributed by atoms with Crippen molar-refractivity contribution >= 4 is 10.0 Å². The SMILES string of the molecule is Cc1cccc(S(=O)(=O)N2CC[NH+](C(c3ccccc3)c3ccccc3)CC2)c1. The van der Waals surface area contributed by atoms with Crippen molar-refractivity contribution in [3.05, 3.63) is 102 Å². The molecule has 4 rings (SSSR count). The zero-order chi connectivity index (χ0) is 20.3. The van der Waals surface area contributed by atoms with Crippen molar-refractivity contribution < 1.29 is 13.3 Å². The highest BCUT2D eigenvalue weighted by molar-refractivity contribution is 7.89. The standard InChI is InChI=1S/C24H26N2O2S/c1-20-9-8-14-23(19-20)29(27,28)26-17-15-25(16-18-26)24(21-10-4-2-5-11-21)22-12-6-3-7-13-22/h2-14,19,24H,15-18H2,1H3/p+1. The molecule has 0 saturated carbocycles. The van der Waals surface area contributed by atoms with Gasteiger partial charge < -0.3 is 4.90 Å². The molecule has 0 aliphatic carbocycles. The first-order valence-electron chi connectivity index (χ1n) is 10.1. The smallest absolute Gasteiger partial charge is 0.243 e. The van der Waals surface area contributed by atoms with Crippen LogP contribution < -0.4 is 4.90 Å². The lowest BCUT2D eigenvalue weighted by atomic mass is 9.96. The summed E-state index contributed by atoms with van der Waals surface area (Å²) in [5, 5.41) is 0. The van der Waals surface area contributed by atoms with E-state index in [1.165, 1.54) is 16.0 Å². The Bertz CT molecular complexity index is 1010. The van der Waals surface area contributed by atoms with Gasteiger partial charge in [-0.15, -0.1) is 0 Å². The van der Waals surface area contributed by atoms with Gasteiger partial charge in [-0.05, 0) is 24.6 Å². The van der Waals surface area contributed by atoms with Crippen molar-refractivity contribution in [2.45, 2.75) is 17.9 Å². The maximum Gasteiger partial charge on any atom is 0.243 e. The zero-order valence-corrected chi connectivity index (χ0v) is 17.5. The number of rotatable bonds is 5. The lowest BCUT2D eigenvalue weighted by Crippen LogP contribution is -3.15. The molecule has 0 amide bonds. The van der Waals surface area contributed by atoms with E-state index in [0.717, 1.165) is 18.7 Å². The van der Waals surface area contributed by atoms with Crippen LogP contribution in [-0.4, -0.2) is 38.9 Å². The number of hydrogen-bond acceptors (Lipinski definition) is 2. The summed E-state index contributed by atoms with van der Waals surface area (Å²) in [5.74, 6) is 0. The van der Waals surface area contributed by atoms with Crippen LogP contribution in [0.2, 0.25) is 0 Å². The fourth-order valence-electron chi connectivity index (χ4n) is 4.18. The molecule has 0 spiro atoms. The summed E-state index contributed by atoms with van der Waals surface area (Å²) in [6.45, 7) is 4.54. The second kappa shape index (κ2) is 8.49. The highest BCUT2D eigenvalue weighted by atomic mass is 32.2. The van der Waals surface area contributed by atoms with E-state index in [9.17, 15) is 8.42 Å². The minimum Gasteiger partial charge on any atom is -0.323 e. The average molecular weight is 408 g/mol. The van der Waals surface area contributed by atoms with Crippen LogP contribution in [0.15, 0.2) is 89.8 Å². The Balaban J connectivity index is 1.56. The minimum atomic E-state index is -3.44. The van der Waals surface area contributed by atoms with Crippen LogP contribution in [0.4, 0.5) is 0 Å². The number of nitrogens with one attached hydrogen (secondary N) is 1. The summed E-state index contributed by atoms with van der Waals surface area (Å²) in [5.41, 5.74) is 3.50. The van der Waals surface area contributed by atoms with E-state index in [0.29, 0.717) is 18.0 Å². The van der Waals surface area contributed by atoms with E-state index in [2.05, 4.69) is 48.5 Å². The Labute approximate surface area is 173 Å². The summed E-state index contributed by atoms with van der Waals surface area (Å²) >= 11 is 0. The number of hydrogen-bond donors (Lipinski definition) is 1. The number of quaternary nitrogens is 1. The van der Waals surface area contributed by atoms with Crippen LogP contribution >= 0.6 is 0 Å². The normalized spacial score (nSPS) is 16.2. The first-order chi connectivity index (χ1) is 14.1. The van der Waals surface area contributed by atoms with Crippen LogP contribution in [0, 0.1) is 6.92 Å². The van der Waals surface area contributed by atoms with Gasteiger partial charge in [-0.2, -0.15) is 4.31 Å². The van der Waals surface area contributed by atoms with Crippen molar-refractivity contribution in [2.24, 2.45) is 0 Å². The topological polar surface area (TPSA) is 41.8 Å². The molecule has 1 saturated heterocycles. The lowest BCUT2D eigenvalue weighted by Gasteiger charge is -2.36. The molecule has 1 aliphatic rings. The Morgan fingerprint density at radius 1 is 0.793 bits per heavy atom. The van der Waals surface area contributed by atoms with Crippen molar-refractivity contribution in [2.75, 3.05) is 26.2 Å². The molecule has 1 N–H and O–H groups in total. The summed E-state index contributed by atoms with van der Waals surface area (Å²) in [4.78, 5) is 1.79. The van der Waals surface area contributed by atoms with Crippen LogP contribution in [0.1, 0.15) is 22.7 Å². The minimum absolute atomic E-state index is 0.209. The molecular weight excluding hydrogens is 380 g/mol. The van der Waals surface area contributed by atoms with Gasteiger partial charge in [-0.25, -0.2) is 8.42 Å². The second-order valence-corrected chi connectivity index (χ2v) is 9.57. The van der Waals surface area contributed by atoms with Crippen LogP contribution in [0.5, 0.6) is 0 Å². The van der Waals surface area contributed by atoms with Crippen LogP contribution in [0.3, 0.4) is 0 Å². The molecule has 0 aromatic heterocycles. The molecule has 0 atom stereocenters. The van der Waals surface area contributed by atoms with Gasteiger partial charge in [0.2, 0.25) is 10.0 Å². The van der Waals surface area contributed by atoms with Crippen molar-refractivity contribution in [3.63, 3.8) is 0 Å². The van der Waals surface area contributed by atoms with Gasteiger partial charge in [-0.3, -0.25) is 0 Å². The fourth-order valence-corrected chi connectivity index (χ4v) is 5.73. The van der Waals surface area contributed by atoms with Crippen LogP contribution in [-0.2, 0) is 10.0 Å². The van der Waals surface area contributed by atoms with Gasteiger partial charge in [0.05, 0.1) is 31.1 Å². The van der Waals surface area contributed by atoms with Gasteiger partial charge in [0.25, 0.3) is 0 Å². The molecule has 3 aromatic carbocycles. The van der Waals surface area contributed by atoms with Crippen molar-refractivity contribution in [1.29, 1.82) is 0 Å². The van der Waals surface area contributed by atoms with Crippen molar-refractivity contribution in [3.8, 4) is 0 Å². The third kappa shape index (κ3) is 4.27. The van der Waals surface area contributed by atoms with Crippen molar-refractivity contribution in [1.82, 2.24) is 4.31 Å². The summed E-state index contributed by atoms with van der Waals surface area (Å²) < 4.78 is 27.8. The maximum absolute atomic E-state index is 13.1. The third-order valence-electron chi connectivity index (χ3n) is 5.67. The fraction of sp³-hybridized carbons (Fsp3) is 0.250. The third-order valence-corrected chi connectivity index (χ3v) is 7.56. The lowest BCUT2D eigenvalue weighted by molar-refractivity contribution is -0.929. The molecule has 150 valence electrons. The van der Waals surface area contributed by atoms with E-state index in [4.69, 9.17) is 0 Å². The van der Waals surface area contributed by atoms with E-state index in [1.54, 1.807) is 16.4 Å². The summed E-state index contributed by atoms with van der Waals surface area (Å²) in [7, 11) is -3.44.